The van der Waals surface area contributed by atoms with Crippen molar-refractivity contribution in [3.05, 3.63) is 77.5 Å². The van der Waals surface area contributed by atoms with E-state index in [0.717, 1.165) is 0 Å². The molecule has 0 aliphatic carbocycles. The van der Waals surface area contributed by atoms with E-state index in [-0.39, 0.29) is 5.76 Å². The second-order valence-corrected chi connectivity index (χ2v) is 10.5. The molecule has 6 nitrogen and oxygen atoms in total. The van der Waals surface area contributed by atoms with Crippen molar-refractivity contribution >= 4 is 19.5 Å². The molecular weight excluding hydrogens is 373 g/mol. The topological polar surface area (TPSA) is 59.1 Å². The third-order valence-corrected chi connectivity index (χ3v) is 7.82. The molecule has 28 heavy (non-hydrogen) atoms. The highest BCUT2D eigenvalue weighted by Gasteiger charge is 2.53. The highest BCUT2D eigenvalue weighted by atomic mass is 31.2. The molecule has 0 saturated heterocycles. The predicted octanol–water partition coefficient (Wildman–Crippen LogP) is 2.98. The van der Waals surface area contributed by atoms with Crippen LogP contribution in [0.1, 0.15) is 15.9 Å². The number of Topliss-reactive ketones (excluding diaryl/α,β-unsaturated/α-hetero) is 1. The monoisotopic (exact) mass is 401 g/mol. The molecule has 2 rings (SSSR count). The number of hydrogen-bond acceptors (Lipinski definition) is 6. The fraction of sp³-hybridized carbons (Fsp3) is 0.286. The molecule has 2 aromatic carbocycles. The van der Waals surface area contributed by atoms with E-state index in [1.54, 1.807) is 48.5 Å². The van der Waals surface area contributed by atoms with Gasteiger partial charge in [0.1, 0.15) is 0 Å². The Morgan fingerprint density at radius 2 is 1.14 bits per heavy atom. The zero-order valence-electron chi connectivity index (χ0n) is 17.3. The minimum absolute atomic E-state index is 0.179. The summed E-state index contributed by atoms with van der Waals surface area (Å²) in [5, 5.41) is 13.3. The Morgan fingerprint density at radius 1 is 0.750 bits per heavy atom. The molecule has 0 unspecified atom stereocenters. The Balaban J connectivity index is 2.66. The van der Waals surface area contributed by atoms with Gasteiger partial charge in [0.25, 0.3) is 0 Å². The minimum Gasteiger partial charge on any atom is -0.869 e. The first-order chi connectivity index (χ1) is 13.2. The normalized spacial score (nSPS) is 13.0. The molecule has 0 N–H and O–H groups in total. The SMILES string of the molecule is CN(C)[P+](O/C(C(=O)c1ccccc1)=C(/[O-])c1ccccc1)(N(C)C)N(C)C. The molecule has 0 aliphatic rings. The first-order valence-electron chi connectivity index (χ1n) is 8.90. The Hall–Kier alpha value is -2.24. The van der Waals surface area contributed by atoms with Crippen molar-refractivity contribution in [2.24, 2.45) is 0 Å². The Kier molecular flexibility index (Phi) is 7.33. The minimum atomic E-state index is -2.60. The van der Waals surface area contributed by atoms with Gasteiger partial charge in [0.15, 0.2) is 0 Å². The third-order valence-electron chi connectivity index (χ3n) is 4.26. The lowest BCUT2D eigenvalue weighted by Gasteiger charge is -2.38. The Labute approximate surface area is 168 Å². The van der Waals surface area contributed by atoms with Gasteiger partial charge in [-0.25, -0.2) is 0 Å². The van der Waals surface area contributed by atoms with E-state index in [0.29, 0.717) is 11.1 Å². The van der Waals surface area contributed by atoms with Gasteiger partial charge in [0, 0.05) is 47.8 Å². The van der Waals surface area contributed by atoms with Gasteiger partial charge in [0.05, 0.1) is 0 Å². The standard InChI is InChI=1S/C21H28N3O3P/c1-22(2)28(23(3)4,24(5)6)27-21(19(25)17-13-9-7-10-14-17)20(26)18-15-11-8-12-16-18/h7-16H,1-6H3. The van der Waals surface area contributed by atoms with E-state index in [4.69, 9.17) is 4.52 Å². The van der Waals surface area contributed by atoms with Gasteiger partial charge >= 0.3 is 7.94 Å². The van der Waals surface area contributed by atoms with Crippen molar-refractivity contribution in [1.82, 2.24) is 14.0 Å². The summed E-state index contributed by atoms with van der Waals surface area (Å²) in [5.41, 5.74) is 0.826. The predicted molar refractivity (Wildman–Crippen MR) is 113 cm³/mol. The van der Waals surface area contributed by atoms with Crippen molar-refractivity contribution in [2.45, 2.75) is 0 Å². The summed E-state index contributed by atoms with van der Waals surface area (Å²) in [5.74, 6) is -1.03. The van der Waals surface area contributed by atoms with Crippen LogP contribution in [0.5, 0.6) is 0 Å². The molecule has 0 heterocycles. The maximum atomic E-state index is 13.3. The molecule has 0 fully saturated rings. The van der Waals surface area contributed by atoms with Gasteiger partial charge in [-0.15, -0.1) is 14.0 Å². The Morgan fingerprint density at radius 3 is 1.54 bits per heavy atom. The fourth-order valence-electron chi connectivity index (χ4n) is 3.07. The van der Waals surface area contributed by atoms with Crippen LogP contribution in [0.4, 0.5) is 0 Å². The second kappa shape index (κ2) is 9.30. The van der Waals surface area contributed by atoms with E-state index in [9.17, 15) is 9.90 Å². The first kappa shape index (κ1) is 22.1. The van der Waals surface area contributed by atoms with Gasteiger partial charge in [-0.05, 0) is 11.3 Å². The second-order valence-electron chi connectivity index (χ2n) is 6.87. The summed E-state index contributed by atoms with van der Waals surface area (Å²) in [6.07, 6.45) is 0. The number of nitrogens with zero attached hydrogens (tertiary/aromatic N) is 3. The maximum absolute atomic E-state index is 13.3. The average Bonchev–Trinajstić information content (AvgIpc) is 2.68. The number of rotatable bonds is 8. The van der Waals surface area contributed by atoms with Crippen LogP contribution < -0.4 is 5.11 Å². The molecule has 150 valence electrons. The molecule has 2 aromatic rings. The molecule has 0 aliphatic heterocycles. The molecule has 7 heteroatoms. The zero-order valence-corrected chi connectivity index (χ0v) is 18.2. The van der Waals surface area contributed by atoms with Crippen molar-refractivity contribution in [2.75, 3.05) is 42.3 Å². The van der Waals surface area contributed by atoms with Crippen LogP contribution in [-0.2, 0) is 4.52 Å². The van der Waals surface area contributed by atoms with Crippen LogP contribution in [0.25, 0.3) is 5.76 Å². The molecular formula is C21H28N3O3P. The van der Waals surface area contributed by atoms with Crippen molar-refractivity contribution < 1.29 is 14.4 Å². The average molecular weight is 401 g/mol. The maximum Gasteiger partial charge on any atom is 0.416 e. The lowest BCUT2D eigenvalue weighted by molar-refractivity contribution is -0.246. The molecule has 0 amide bonds. The quantitative estimate of drug-likeness (QED) is 0.293. The van der Waals surface area contributed by atoms with E-state index >= 15 is 0 Å². The van der Waals surface area contributed by atoms with Crippen molar-refractivity contribution in [1.29, 1.82) is 0 Å². The van der Waals surface area contributed by atoms with Crippen LogP contribution in [-0.4, -0.2) is 62.1 Å². The lowest BCUT2D eigenvalue weighted by Crippen LogP contribution is -2.38. The van der Waals surface area contributed by atoms with Crippen molar-refractivity contribution in [3.63, 3.8) is 0 Å². The van der Waals surface area contributed by atoms with Crippen LogP contribution in [0.15, 0.2) is 66.4 Å². The third kappa shape index (κ3) is 4.42. The number of carbonyl (C=O) groups is 1. The summed E-state index contributed by atoms with van der Waals surface area (Å²) < 4.78 is 12.1. The van der Waals surface area contributed by atoms with E-state index in [2.05, 4.69) is 0 Å². The molecule has 0 saturated carbocycles. The smallest absolute Gasteiger partial charge is 0.416 e. The van der Waals surface area contributed by atoms with Gasteiger partial charge < -0.3 is 5.11 Å². The summed E-state index contributed by atoms with van der Waals surface area (Å²) in [4.78, 5) is 13.3. The molecule has 0 aromatic heterocycles. The molecule has 0 radical (unpaired) electrons. The highest BCUT2D eigenvalue weighted by Crippen LogP contribution is 2.66. The lowest BCUT2D eigenvalue weighted by atomic mass is 10.1. The van der Waals surface area contributed by atoms with Gasteiger partial charge in [0.2, 0.25) is 11.5 Å². The van der Waals surface area contributed by atoms with Gasteiger partial charge in [-0.2, -0.15) is 0 Å². The largest absolute Gasteiger partial charge is 0.869 e. The zero-order chi connectivity index (χ0) is 20.9. The van der Waals surface area contributed by atoms with E-state index in [1.807, 2.05) is 68.4 Å². The molecule has 0 bridgehead atoms. The summed E-state index contributed by atoms with van der Waals surface area (Å²) >= 11 is 0. The summed E-state index contributed by atoms with van der Waals surface area (Å²) in [6.45, 7) is 0. The fourth-order valence-corrected chi connectivity index (χ4v) is 6.12. The molecule has 0 spiro atoms. The molecule has 0 atom stereocenters. The van der Waals surface area contributed by atoms with Crippen molar-refractivity contribution in [3.8, 4) is 0 Å². The van der Waals surface area contributed by atoms with Crippen LogP contribution in [0.2, 0.25) is 0 Å². The summed E-state index contributed by atoms with van der Waals surface area (Å²) in [6, 6.07) is 17.5. The summed E-state index contributed by atoms with van der Waals surface area (Å²) in [7, 11) is 8.69. The number of allylic oxidation sites excluding steroid dienone is 1. The number of carbonyl (C=O) groups excluding carboxylic acids is 1. The van der Waals surface area contributed by atoms with E-state index < -0.39 is 19.5 Å². The van der Waals surface area contributed by atoms with Crippen LogP contribution in [0, 0.1) is 0 Å². The number of hydrogen-bond donors (Lipinski definition) is 0. The highest BCUT2D eigenvalue weighted by molar-refractivity contribution is 7.64. The first-order valence-corrected chi connectivity index (χ1v) is 10.5. The Bertz CT molecular complexity index is 800. The van der Waals surface area contributed by atoms with E-state index in [1.165, 1.54) is 0 Å². The number of ketones is 1. The van der Waals surface area contributed by atoms with Gasteiger partial charge in [-0.1, -0.05) is 60.7 Å². The number of benzene rings is 2. The van der Waals surface area contributed by atoms with Gasteiger partial charge in [-0.3, -0.25) is 9.32 Å². The van der Waals surface area contributed by atoms with Crippen LogP contribution >= 0.6 is 7.94 Å². The van der Waals surface area contributed by atoms with Crippen LogP contribution in [0.3, 0.4) is 0 Å².